The Bertz CT molecular complexity index is 771. The maximum Gasteiger partial charge on any atom is 0.231 e. The van der Waals surface area contributed by atoms with Crippen molar-refractivity contribution in [3.8, 4) is 22.1 Å². The molecule has 3 heterocycles. The lowest BCUT2D eigenvalue weighted by Gasteiger charge is -2.33. The van der Waals surface area contributed by atoms with Crippen molar-refractivity contribution in [1.82, 2.24) is 15.2 Å². The number of amides is 1. The normalized spacial score (nSPS) is 18.0. The van der Waals surface area contributed by atoms with Gasteiger partial charge >= 0.3 is 0 Å². The van der Waals surface area contributed by atoms with E-state index in [-0.39, 0.29) is 43.6 Å². The summed E-state index contributed by atoms with van der Waals surface area (Å²) in [5.74, 6) is 1.65. The molecule has 0 saturated carbocycles. The van der Waals surface area contributed by atoms with E-state index in [0.29, 0.717) is 6.42 Å². The lowest BCUT2D eigenvalue weighted by Crippen LogP contribution is -2.52. The molecule has 2 aliphatic heterocycles. The van der Waals surface area contributed by atoms with Crippen LogP contribution in [0, 0.1) is 0 Å². The molecule has 26 heavy (non-hydrogen) atoms. The van der Waals surface area contributed by atoms with Crippen molar-refractivity contribution in [2.75, 3.05) is 26.4 Å². The number of ether oxygens (including phenoxy) is 2. The van der Waals surface area contributed by atoms with Crippen molar-refractivity contribution in [2.24, 2.45) is 0 Å². The van der Waals surface area contributed by atoms with Crippen LogP contribution < -0.4 is 14.8 Å². The van der Waals surface area contributed by atoms with E-state index in [1.165, 1.54) is 0 Å². The van der Waals surface area contributed by atoms with Gasteiger partial charge in [0.25, 0.3) is 0 Å². The number of nitrogens with zero attached hydrogens (tertiary/aromatic N) is 2. The third-order valence-electron chi connectivity index (χ3n) is 4.33. The Morgan fingerprint density at radius 1 is 1.35 bits per heavy atom. The first-order chi connectivity index (χ1) is 11.7. The van der Waals surface area contributed by atoms with Crippen molar-refractivity contribution in [2.45, 2.75) is 19.4 Å². The van der Waals surface area contributed by atoms with E-state index in [1.807, 2.05) is 28.5 Å². The summed E-state index contributed by atoms with van der Waals surface area (Å²) in [7, 11) is 0. The van der Waals surface area contributed by atoms with Gasteiger partial charge in [-0.25, -0.2) is 4.98 Å². The quantitative estimate of drug-likeness (QED) is 0.831. The molecule has 6 nitrogen and oxygen atoms in total. The first-order valence-electron chi connectivity index (χ1n) is 8.05. The Kier molecular flexibility index (Phi) is 7.11. The van der Waals surface area contributed by atoms with E-state index in [2.05, 4.69) is 17.2 Å². The van der Waals surface area contributed by atoms with Crippen LogP contribution in [0.1, 0.15) is 12.6 Å². The molecule has 1 aromatic carbocycles. The predicted octanol–water partition coefficient (Wildman–Crippen LogP) is 2.75. The fourth-order valence-electron chi connectivity index (χ4n) is 3.02. The Balaban J connectivity index is 0.00000121. The zero-order chi connectivity index (χ0) is 16.5. The molecule has 1 unspecified atom stereocenters. The average Bonchev–Trinajstić information content (AvgIpc) is 3.23. The number of thiazole rings is 1. The molecule has 1 aromatic heterocycles. The molecule has 0 radical (unpaired) electrons. The number of hydrogen-bond donors (Lipinski definition) is 1. The van der Waals surface area contributed by atoms with Crippen molar-refractivity contribution in [3.05, 3.63) is 29.3 Å². The van der Waals surface area contributed by atoms with Crippen LogP contribution >= 0.6 is 36.2 Å². The molecule has 1 N–H and O–H groups in total. The monoisotopic (exact) mass is 417 g/mol. The molecule has 9 heteroatoms. The highest BCUT2D eigenvalue weighted by atomic mass is 35.5. The molecular formula is C17H21Cl2N3O3S. The molecule has 142 valence electrons. The number of nitrogens with one attached hydrogen (secondary N) is 1. The van der Waals surface area contributed by atoms with Crippen molar-refractivity contribution < 1.29 is 14.3 Å². The molecule has 1 saturated heterocycles. The Labute approximate surface area is 168 Å². The Morgan fingerprint density at radius 2 is 2.15 bits per heavy atom. The number of halogens is 2. The van der Waals surface area contributed by atoms with Crippen LogP contribution in [-0.4, -0.2) is 48.3 Å². The largest absolute Gasteiger partial charge is 0.454 e. The molecule has 1 fully saturated rings. The summed E-state index contributed by atoms with van der Waals surface area (Å²) in [5.41, 5.74) is 1.81. The number of benzene rings is 1. The highest BCUT2D eigenvalue weighted by Crippen LogP contribution is 2.36. The number of carbonyl (C=O) groups excluding carboxylic acids is 1. The van der Waals surface area contributed by atoms with Crippen molar-refractivity contribution in [1.29, 1.82) is 0 Å². The van der Waals surface area contributed by atoms with Crippen LogP contribution in [0.4, 0.5) is 0 Å². The van der Waals surface area contributed by atoms with Gasteiger partial charge in [0, 0.05) is 36.6 Å². The molecule has 4 rings (SSSR count). The summed E-state index contributed by atoms with van der Waals surface area (Å²) in [6.07, 6.45) is 0.353. The van der Waals surface area contributed by atoms with Crippen LogP contribution in [0.15, 0.2) is 23.6 Å². The zero-order valence-electron chi connectivity index (χ0n) is 14.3. The number of fused-ring (bicyclic) bond motifs is 1. The Morgan fingerprint density at radius 3 is 2.96 bits per heavy atom. The van der Waals surface area contributed by atoms with Gasteiger partial charge < -0.3 is 19.7 Å². The number of aromatic nitrogens is 1. The van der Waals surface area contributed by atoms with Crippen LogP contribution in [-0.2, 0) is 11.2 Å². The fourth-order valence-corrected chi connectivity index (χ4v) is 3.84. The SMILES string of the molecule is CC1CNCCN1C(=O)Cc1csc(-c2ccc3c(c2)OCO3)n1.Cl.Cl. The third kappa shape index (κ3) is 4.23. The van der Waals surface area contributed by atoms with Gasteiger partial charge in [-0.2, -0.15) is 0 Å². The summed E-state index contributed by atoms with van der Waals surface area (Å²) in [6, 6.07) is 6.03. The maximum absolute atomic E-state index is 12.5. The van der Waals surface area contributed by atoms with Crippen LogP contribution in [0.2, 0.25) is 0 Å². The highest BCUT2D eigenvalue weighted by molar-refractivity contribution is 7.13. The van der Waals surface area contributed by atoms with Crippen molar-refractivity contribution >= 4 is 42.1 Å². The first-order valence-corrected chi connectivity index (χ1v) is 8.93. The molecule has 0 aliphatic carbocycles. The first kappa shape index (κ1) is 20.8. The Hall–Kier alpha value is -1.54. The molecule has 2 aromatic rings. The van der Waals surface area contributed by atoms with Crippen molar-refractivity contribution in [3.63, 3.8) is 0 Å². The minimum Gasteiger partial charge on any atom is -0.454 e. The summed E-state index contributed by atoms with van der Waals surface area (Å²) < 4.78 is 10.7. The van der Waals surface area contributed by atoms with Gasteiger partial charge in [-0.1, -0.05) is 0 Å². The lowest BCUT2D eigenvalue weighted by molar-refractivity contribution is -0.133. The summed E-state index contributed by atoms with van der Waals surface area (Å²) >= 11 is 1.55. The molecule has 0 spiro atoms. The minimum absolute atomic E-state index is 0. The van der Waals surface area contributed by atoms with E-state index >= 15 is 0 Å². The lowest BCUT2D eigenvalue weighted by atomic mass is 10.2. The van der Waals surface area contributed by atoms with E-state index in [4.69, 9.17) is 9.47 Å². The topological polar surface area (TPSA) is 63.7 Å². The van der Waals surface area contributed by atoms with Crippen LogP contribution in [0.5, 0.6) is 11.5 Å². The molecular weight excluding hydrogens is 397 g/mol. The zero-order valence-corrected chi connectivity index (χ0v) is 16.7. The van der Waals surface area contributed by atoms with E-state index in [9.17, 15) is 4.79 Å². The minimum atomic E-state index is 0. The van der Waals surface area contributed by atoms with Gasteiger partial charge in [0.1, 0.15) is 5.01 Å². The van der Waals surface area contributed by atoms with E-state index in [1.54, 1.807) is 11.3 Å². The van der Waals surface area contributed by atoms with E-state index in [0.717, 1.165) is 47.4 Å². The molecule has 0 bridgehead atoms. The van der Waals surface area contributed by atoms with Gasteiger partial charge in [0.15, 0.2) is 11.5 Å². The highest BCUT2D eigenvalue weighted by Gasteiger charge is 2.23. The molecule has 2 aliphatic rings. The molecule has 1 amide bonds. The van der Waals surface area contributed by atoms with E-state index < -0.39 is 0 Å². The standard InChI is InChI=1S/C17H19N3O3S.2ClH/c1-11-8-18-4-5-20(11)16(21)7-13-9-24-17(19-13)12-2-3-14-15(6-12)23-10-22-14;;/h2-3,6,9,11,18H,4-5,7-8,10H2,1H3;2*1H. The van der Waals surface area contributed by atoms with Gasteiger partial charge in [0.05, 0.1) is 12.1 Å². The predicted molar refractivity (Wildman–Crippen MR) is 106 cm³/mol. The van der Waals surface area contributed by atoms with Crippen LogP contribution in [0.3, 0.4) is 0 Å². The number of carbonyl (C=O) groups is 1. The second-order valence-corrected chi connectivity index (χ2v) is 6.89. The third-order valence-corrected chi connectivity index (χ3v) is 5.27. The smallest absolute Gasteiger partial charge is 0.231 e. The molecule has 1 atom stereocenters. The number of hydrogen-bond acceptors (Lipinski definition) is 6. The number of rotatable bonds is 3. The second-order valence-electron chi connectivity index (χ2n) is 6.03. The maximum atomic E-state index is 12.5. The van der Waals surface area contributed by atoms with Gasteiger partial charge in [-0.3, -0.25) is 4.79 Å². The summed E-state index contributed by atoms with van der Waals surface area (Å²) in [4.78, 5) is 19.1. The fraction of sp³-hybridized carbons (Fsp3) is 0.412. The summed E-state index contributed by atoms with van der Waals surface area (Å²) in [6.45, 7) is 4.81. The second kappa shape index (κ2) is 8.90. The summed E-state index contributed by atoms with van der Waals surface area (Å²) in [5, 5.41) is 6.16. The van der Waals surface area contributed by atoms with Gasteiger partial charge in [-0.15, -0.1) is 36.2 Å². The van der Waals surface area contributed by atoms with Gasteiger partial charge in [-0.05, 0) is 25.1 Å². The van der Waals surface area contributed by atoms with Gasteiger partial charge in [0.2, 0.25) is 12.7 Å². The van der Waals surface area contributed by atoms with Crippen LogP contribution in [0.25, 0.3) is 10.6 Å². The average molecular weight is 418 g/mol. The number of piperazine rings is 1.